The fraction of sp³-hybridized carbons (Fsp3) is 0.750. The summed E-state index contributed by atoms with van der Waals surface area (Å²) in [6, 6.07) is 0. The molecule has 0 aliphatic rings. The normalized spacial score (nSPS) is 6.00. The van der Waals surface area contributed by atoms with E-state index in [0.717, 1.165) is 6.42 Å². The average Bonchev–Trinajstić information content (AvgIpc) is 1.37. The van der Waals surface area contributed by atoms with E-state index >= 15 is 0 Å². The van der Waals surface area contributed by atoms with Crippen molar-refractivity contribution in [3.8, 4) is 0 Å². The fourth-order valence-corrected chi connectivity index (χ4v) is 0. The SMILES string of the molecule is [CH2-]CCC.[Tb+3]. The zero-order valence-electron chi connectivity index (χ0n) is 3.45. The van der Waals surface area contributed by atoms with Crippen LogP contribution in [0.2, 0.25) is 0 Å². The van der Waals surface area contributed by atoms with Crippen molar-refractivity contribution in [1.29, 1.82) is 0 Å². The van der Waals surface area contributed by atoms with E-state index in [1.165, 1.54) is 6.42 Å². The maximum absolute atomic E-state index is 3.60. The molecule has 0 bridgehead atoms. The zero-order valence-corrected chi connectivity index (χ0v) is 5.59. The Balaban J connectivity index is 0. The van der Waals surface area contributed by atoms with Gasteiger partial charge in [-0.05, 0) is 0 Å². The van der Waals surface area contributed by atoms with Gasteiger partial charge in [0.05, 0.1) is 0 Å². The summed E-state index contributed by atoms with van der Waals surface area (Å²) in [4.78, 5) is 0. The molecule has 0 rings (SSSR count). The van der Waals surface area contributed by atoms with Crippen LogP contribution in [0.3, 0.4) is 0 Å². The predicted octanol–water partition coefficient (Wildman–Crippen LogP) is 1.62. The molecule has 0 aliphatic heterocycles. The molecular weight excluding hydrogens is 207 g/mol. The maximum atomic E-state index is 3.60. The van der Waals surface area contributed by atoms with Gasteiger partial charge in [0.15, 0.2) is 0 Å². The topological polar surface area (TPSA) is 0 Å². The summed E-state index contributed by atoms with van der Waals surface area (Å²) in [5.41, 5.74) is 0. The molecule has 0 saturated carbocycles. The van der Waals surface area contributed by atoms with Gasteiger partial charge >= 0.3 is 38.6 Å². The van der Waals surface area contributed by atoms with Gasteiger partial charge in [-0.2, -0.15) is 6.42 Å². The third-order valence-corrected chi connectivity index (χ3v) is 0.354. The van der Waals surface area contributed by atoms with Gasteiger partial charge in [0.25, 0.3) is 0 Å². The molecule has 0 nitrogen and oxygen atoms in total. The van der Waals surface area contributed by atoms with Gasteiger partial charge in [-0.3, -0.25) is 0 Å². The Hall–Kier alpha value is 1.29. The van der Waals surface area contributed by atoms with E-state index in [9.17, 15) is 0 Å². The Bertz CT molecular complexity index is 5.61. The molecule has 0 spiro atoms. The third kappa shape index (κ3) is 10.9. The van der Waals surface area contributed by atoms with E-state index in [1.54, 1.807) is 0 Å². The molecule has 0 N–H and O–H groups in total. The molecule has 0 unspecified atom stereocenters. The van der Waals surface area contributed by atoms with Gasteiger partial charge in [0.1, 0.15) is 0 Å². The molecule has 0 aromatic heterocycles. The van der Waals surface area contributed by atoms with Gasteiger partial charge in [0, 0.05) is 0 Å². The number of hydrogen-bond donors (Lipinski definition) is 0. The van der Waals surface area contributed by atoms with Crippen molar-refractivity contribution in [2.45, 2.75) is 19.8 Å². The molecule has 32 valence electrons. The van der Waals surface area contributed by atoms with Crippen LogP contribution in [0.1, 0.15) is 19.8 Å². The standard InChI is InChI=1S/C4H9.Tb/c1-3-4-2;/h1,3-4H2,2H3;/q-1;+3. The van der Waals surface area contributed by atoms with Crippen LogP contribution >= 0.6 is 0 Å². The molecular formula is C4H9Tb+2. The monoisotopic (exact) mass is 216 g/mol. The number of rotatable bonds is 1. The molecule has 0 amide bonds. The molecule has 0 aliphatic carbocycles. The smallest absolute Gasteiger partial charge is 0.343 e. The van der Waals surface area contributed by atoms with Crippen LogP contribution in [-0.2, 0) is 0 Å². The second-order valence-corrected chi connectivity index (χ2v) is 0.854. The first-order chi connectivity index (χ1) is 1.91. The van der Waals surface area contributed by atoms with E-state index in [2.05, 4.69) is 13.8 Å². The van der Waals surface area contributed by atoms with Crippen LogP contribution in [-0.4, -0.2) is 0 Å². The molecule has 0 saturated heterocycles. The van der Waals surface area contributed by atoms with Gasteiger partial charge in [-0.25, -0.2) is 0 Å². The second-order valence-electron chi connectivity index (χ2n) is 0.854. The molecule has 0 aromatic rings. The Morgan fingerprint density at radius 1 is 1.60 bits per heavy atom. The summed E-state index contributed by atoms with van der Waals surface area (Å²) < 4.78 is 0. The van der Waals surface area contributed by atoms with Gasteiger partial charge in [0.2, 0.25) is 0 Å². The predicted molar refractivity (Wildman–Crippen MR) is 20.3 cm³/mol. The second kappa shape index (κ2) is 8.99. The summed E-state index contributed by atoms with van der Waals surface area (Å²) in [7, 11) is 0. The summed E-state index contributed by atoms with van der Waals surface area (Å²) in [6.45, 7) is 5.72. The Morgan fingerprint density at radius 2 is 1.80 bits per heavy atom. The van der Waals surface area contributed by atoms with E-state index in [-0.39, 0.29) is 38.6 Å². The molecule has 0 atom stereocenters. The summed E-state index contributed by atoms with van der Waals surface area (Å²) in [6.07, 6.45) is 2.28. The Morgan fingerprint density at radius 3 is 1.80 bits per heavy atom. The van der Waals surface area contributed by atoms with Crippen LogP contribution in [0.15, 0.2) is 0 Å². The van der Waals surface area contributed by atoms with Crippen molar-refractivity contribution in [2.24, 2.45) is 0 Å². The van der Waals surface area contributed by atoms with Crippen molar-refractivity contribution < 1.29 is 38.6 Å². The Kier molecular flexibility index (Phi) is 17.2. The molecule has 5 heavy (non-hydrogen) atoms. The van der Waals surface area contributed by atoms with Crippen molar-refractivity contribution in [1.82, 2.24) is 0 Å². The van der Waals surface area contributed by atoms with Crippen LogP contribution in [0, 0.1) is 45.5 Å². The fourth-order valence-electron chi connectivity index (χ4n) is 0. The number of unbranched alkanes of at least 4 members (excludes halogenated alkanes) is 1. The van der Waals surface area contributed by atoms with Crippen LogP contribution in [0.4, 0.5) is 0 Å². The first-order valence-corrected chi connectivity index (χ1v) is 1.71. The van der Waals surface area contributed by atoms with E-state index in [0.29, 0.717) is 0 Å². The zero-order chi connectivity index (χ0) is 3.41. The largest absolute Gasteiger partial charge is 3.00 e. The van der Waals surface area contributed by atoms with Crippen molar-refractivity contribution in [2.75, 3.05) is 0 Å². The summed E-state index contributed by atoms with van der Waals surface area (Å²) >= 11 is 0. The van der Waals surface area contributed by atoms with Crippen LogP contribution < -0.4 is 0 Å². The minimum Gasteiger partial charge on any atom is -0.343 e. The van der Waals surface area contributed by atoms with Gasteiger partial charge < -0.3 is 6.92 Å². The van der Waals surface area contributed by atoms with Crippen LogP contribution in [0.25, 0.3) is 0 Å². The first kappa shape index (κ1) is 9.56. The molecule has 1 heteroatoms. The van der Waals surface area contributed by atoms with E-state index < -0.39 is 0 Å². The third-order valence-electron chi connectivity index (χ3n) is 0.354. The van der Waals surface area contributed by atoms with Crippen LogP contribution in [0.5, 0.6) is 0 Å². The van der Waals surface area contributed by atoms with Crippen molar-refractivity contribution in [3.63, 3.8) is 0 Å². The molecule has 0 heterocycles. The summed E-state index contributed by atoms with van der Waals surface area (Å²) in [5.74, 6) is 0. The van der Waals surface area contributed by atoms with E-state index in [1.807, 2.05) is 0 Å². The summed E-state index contributed by atoms with van der Waals surface area (Å²) in [5, 5.41) is 0. The van der Waals surface area contributed by atoms with Crippen molar-refractivity contribution >= 4 is 0 Å². The van der Waals surface area contributed by atoms with Gasteiger partial charge in [-0.1, -0.05) is 13.3 Å². The van der Waals surface area contributed by atoms with Crippen molar-refractivity contribution in [3.05, 3.63) is 6.92 Å². The maximum Gasteiger partial charge on any atom is 3.00 e. The minimum absolute atomic E-state index is 0. The molecule has 0 radical (unpaired) electrons. The minimum atomic E-state index is 0. The Labute approximate surface area is 64.8 Å². The average molecular weight is 216 g/mol. The van der Waals surface area contributed by atoms with E-state index in [4.69, 9.17) is 0 Å². The molecule has 0 aromatic carbocycles. The van der Waals surface area contributed by atoms with Gasteiger partial charge in [-0.15, -0.1) is 0 Å². The quantitative estimate of drug-likeness (QED) is 0.584. The molecule has 0 fully saturated rings. The first-order valence-electron chi connectivity index (χ1n) is 1.71. The number of hydrogen-bond acceptors (Lipinski definition) is 0.